The molecule has 0 saturated heterocycles. The first-order valence-corrected chi connectivity index (χ1v) is 8.38. The van der Waals surface area contributed by atoms with Crippen LogP contribution in [0.25, 0.3) is 10.8 Å². The van der Waals surface area contributed by atoms with Crippen molar-refractivity contribution < 1.29 is 9.59 Å². The van der Waals surface area contributed by atoms with E-state index in [0.29, 0.717) is 5.69 Å². The maximum atomic E-state index is 12.1. The predicted molar refractivity (Wildman–Crippen MR) is 95.9 cm³/mol. The number of rotatable bonds is 2. The minimum atomic E-state index is -0.736. The summed E-state index contributed by atoms with van der Waals surface area (Å²) in [6.45, 7) is 0. The number of nitrogens with zero attached hydrogens (tertiary/aromatic N) is 1. The van der Waals surface area contributed by atoms with Crippen LogP contribution in [0.15, 0.2) is 47.6 Å². The van der Waals surface area contributed by atoms with Crippen LogP contribution in [-0.4, -0.2) is 17.5 Å². The third kappa shape index (κ3) is 3.98. The number of carbonyl (C=O) groups is 2. The van der Waals surface area contributed by atoms with Crippen LogP contribution in [0.5, 0.6) is 0 Å². The van der Waals surface area contributed by atoms with Gasteiger partial charge in [-0.1, -0.05) is 49.2 Å². The van der Waals surface area contributed by atoms with E-state index in [2.05, 4.69) is 15.8 Å². The Labute approximate surface area is 141 Å². The largest absolute Gasteiger partial charge is 0.329 e. The van der Waals surface area contributed by atoms with E-state index in [-0.39, 0.29) is 0 Å². The first kappa shape index (κ1) is 16.2. The molecule has 0 radical (unpaired) electrons. The van der Waals surface area contributed by atoms with E-state index in [9.17, 15) is 9.59 Å². The van der Waals surface area contributed by atoms with Crippen LogP contribution in [0.4, 0.5) is 5.69 Å². The number of anilines is 1. The smallest absolute Gasteiger partial charge is 0.317 e. The van der Waals surface area contributed by atoms with E-state index in [4.69, 9.17) is 0 Å². The van der Waals surface area contributed by atoms with E-state index in [1.165, 1.54) is 12.8 Å². The van der Waals surface area contributed by atoms with Crippen molar-refractivity contribution in [2.75, 3.05) is 5.32 Å². The molecule has 3 rings (SSSR count). The molecule has 2 aromatic rings. The van der Waals surface area contributed by atoms with Gasteiger partial charge in [0.1, 0.15) is 0 Å². The molecular weight excluding hydrogens is 302 g/mol. The molecule has 0 heterocycles. The Morgan fingerprint density at radius 2 is 1.54 bits per heavy atom. The van der Waals surface area contributed by atoms with Crippen molar-refractivity contribution in [2.45, 2.75) is 38.5 Å². The maximum absolute atomic E-state index is 12.1. The molecule has 0 bridgehead atoms. The number of hydrazone groups is 1. The predicted octanol–water partition coefficient (Wildman–Crippen LogP) is 3.60. The van der Waals surface area contributed by atoms with E-state index >= 15 is 0 Å². The molecule has 1 aliphatic rings. The van der Waals surface area contributed by atoms with Crippen LogP contribution in [0.2, 0.25) is 0 Å². The van der Waals surface area contributed by atoms with Crippen molar-refractivity contribution in [2.24, 2.45) is 5.10 Å². The lowest BCUT2D eigenvalue weighted by Crippen LogP contribution is -2.33. The number of benzene rings is 2. The zero-order valence-corrected chi connectivity index (χ0v) is 13.5. The highest BCUT2D eigenvalue weighted by molar-refractivity contribution is 6.40. The van der Waals surface area contributed by atoms with Gasteiger partial charge < -0.3 is 5.32 Å². The van der Waals surface area contributed by atoms with Gasteiger partial charge in [-0.2, -0.15) is 5.10 Å². The van der Waals surface area contributed by atoms with E-state index in [0.717, 1.165) is 42.2 Å². The van der Waals surface area contributed by atoms with Crippen molar-refractivity contribution >= 4 is 34.0 Å². The molecule has 0 aliphatic heterocycles. The average Bonchev–Trinajstić information content (AvgIpc) is 2.88. The monoisotopic (exact) mass is 323 g/mol. The van der Waals surface area contributed by atoms with E-state index in [1.807, 2.05) is 36.4 Å². The second kappa shape index (κ2) is 7.73. The van der Waals surface area contributed by atoms with Crippen LogP contribution in [-0.2, 0) is 9.59 Å². The van der Waals surface area contributed by atoms with Gasteiger partial charge >= 0.3 is 11.8 Å². The first-order chi connectivity index (χ1) is 11.7. The number of hydrogen-bond acceptors (Lipinski definition) is 3. The molecule has 2 N–H and O–H groups in total. The fourth-order valence-electron chi connectivity index (χ4n) is 2.94. The molecule has 2 amide bonds. The Balaban J connectivity index is 1.65. The summed E-state index contributed by atoms with van der Waals surface area (Å²) in [4.78, 5) is 24.1. The molecule has 5 heteroatoms. The summed E-state index contributed by atoms with van der Waals surface area (Å²) >= 11 is 0. The highest BCUT2D eigenvalue weighted by Crippen LogP contribution is 2.22. The van der Waals surface area contributed by atoms with Gasteiger partial charge in [0.25, 0.3) is 0 Å². The summed E-state index contributed by atoms with van der Waals surface area (Å²) in [5, 5.41) is 8.70. The van der Waals surface area contributed by atoms with Crippen molar-refractivity contribution in [1.29, 1.82) is 0 Å². The summed E-state index contributed by atoms with van der Waals surface area (Å²) in [7, 11) is 0. The highest BCUT2D eigenvalue weighted by atomic mass is 16.2. The Kier molecular flexibility index (Phi) is 5.21. The molecular formula is C19H21N3O2. The molecule has 2 aromatic carbocycles. The lowest BCUT2D eigenvalue weighted by atomic mass is 10.1. The van der Waals surface area contributed by atoms with Gasteiger partial charge in [-0.25, -0.2) is 5.43 Å². The minimum absolute atomic E-state index is 0.621. The quantitative estimate of drug-likeness (QED) is 0.503. The SMILES string of the molecule is O=C(NN=C1CCCCCC1)C(=O)Nc1cccc2ccccc12. The van der Waals surface area contributed by atoms with Gasteiger partial charge in [0, 0.05) is 16.8 Å². The van der Waals surface area contributed by atoms with Crippen molar-refractivity contribution in [3.8, 4) is 0 Å². The molecule has 1 aliphatic carbocycles. The van der Waals surface area contributed by atoms with E-state index < -0.39 is 11.8 Å². The first-order valence-electron chi connectivity index (χ1n) is 8.38. The highest BCUT2D eigenvalue weighted by Gasteiger charge is 2.15. The number of nitrogens with one attached hydrogen (secondary N) is 2. The molecule has 1 saturated carbocycles. The Bertz CT molecular complexity index is 768. The third-order valence-corrected chi connectivity index (χ3v) is 4.24. The number of hydrogen-bond donors (Lipinski definition) is 2. The van der Waals surface area contributed by atoms with Gasteiger partial charge in [0.15, 0.2) is 0 Å². The lowest BCUT2D eigenvalue weighted by molar-refractivity contribution is -0.136. The van der Waals surface area contributed by atoms with Crippen LogP contribution in [0, 0.1) is 0 Å². The molecule has 5 nitrogen and oxygen atoms in total. The minimum Gasteiger partial charge on any atom is -0.317 e. The summed E-state index contributed by atoms with van der Waals surface area (Å²) in [5.41, 5.74) is 3.98. The van der Waals surface area contributed by atoms with Crippen molar-refractivity contribution in [3.05, 3.63) is 42.5 Å². The molecule has 0 aromatic heterocycles. The van der Waals surface area contributed by atoms with E-state index in [1.54, 1.807) is 6.07 Å². The zero-order chi connectivity index (χ0) is 16.8. The number of fused-ring (bicyclic) bond motifs is 1. The van der Waals surface area contributed by atoms with Crippen LogP contribution < -0.4 is 10.7 Å². The summed E-state index contributed by atoms with van der Waals surface area (Å²) in [6.07, 6.45) is 6.38. The number of amides is 2. The van der Waals surface area contributed by atoms with Crippen molar-refractivity contribution in [1.82, 2.24) is 5.43 Å². The second-order valence-corrected chi connectivity index (χ2v) is 6.01. The third-order valence-electron chi connectivity index (χ3n) is 4.24. The second-order valence-electron chi connectivity index (χ2n) is 6.01. The van der Waals surface area contributed by atoms with Crippen LogP contribution in [0.3, 0.4) is 0 Å². The lowest BCUT2D eigenvalue weighted by Gasteiger charge is -2.08. The fourth-order valence-corrected chi connectivity index (χ4v) is 2.94. The molecule has 124 valence electrons. The Morgan fingerprint density at radius 3 is 2.33 bits per heavy atom. The maximum Gasteiger partial charge on any atom is 0.329 e. The zero-order valence-electron chi connectivity index (χ0n) is 13.5. The van der Waals surface area contributed by atoms with Gasteiger partial charge in [-0.15, -0.1) is 0 Å². The normalized spacial score (nSPS) is 14.8. The summed E-state index contributed by atoms with van der Waals surface area (Å²) in [5.74, 6) is -1.44. The molecule has 24 heavy (non-hydrogen) atoms. The molecule has 0 unspecified atom stereocenters. The van der Waals surface area contributed by atoms with Gasteiger partial charge in [-0.05, 0) is 37.1 Å². The Hall–Kier alpha value is -2.69. The fraction of sp³-hybridized carbons (Fsp3) is 0.316. The summed E-state index contributed by atoms with van der Waals surface area (Å²) in [6, 6.07) is 13.3. The van der Waals surface area contributed by atoms with Gasteiger partial charge in [0.05, 0.1) is 0 Å². The molecule has 0 atom stereocenters. The molecule has 0 spiro atoms. The van der Waals surface area contributed by atoms with Crippen molar-refractivity contribution in [3.63, 3.8) is 0 Å². The molecule has 1 fully saturated rings. The van der Waals surface area contributed by atoms with Gasteiger partial charge in [-0.3, -0.25) is 9.59 Å². The van der Waals surface area contributed by atoms with Crippen LogP contribution in [0.1, 0.15) is 38.5 Å². The van der Waals surface area contributed by atoms with Crippen LogP contribution >= 0.6 is 0 Å². The van der Waals surface area contributed by atoms with Gasteiger partial charge in [0.2, 0.25) is 0 Å². The standard InChI is InChI=1S/C19H21N3O2/c23-18(19(24)22-21-15-10-3-1-2-4-11-15)20-17-13-7-9-14-8-5-6-12-16(14)17/h5-9,12-13H,1-4,10-11H2,(H,20,23)(H,22,24). The summed E-state index contributed by atoms with van der Waals surface area (Å²) < 4.78 is 0. The Morgan fingerprint density at radius 1 is 0.833 bits per heavy atom. The average molecular weight is 323 g/mol. The number of carbonyl (C=O) groups excluding carboxylic acids is 2. The topological polar surface area (TPSA) is 70.6 Å².